The van der Waals surface area contributed by atoms with Gasteiger partial charge < -0.3 is 5.32 Å². The van der Waals surface area contributed by atoms with E-state index in [1.807, 2.05) is 13.8 Å². The van der Waals surface area contributed by atoms with Crippen LogP contribution in [0, 0.1) is 13.8 Å². The van der Waals surface area contributed by atoms with Gasteiger partial charge in [-0.1, -0.05) is 47.5 Å². The number of carbonyl (C=O) groups is 1. The molecule has 1 aliphatic carbocycles. The van der Waals surface area contributed by atoms with E-state index in [4.69, 9.17) is 11.6 Å². The molecule has 0 aliphatic heterocycles. The van der Waals surface area contributed by atoms with Gasteiger partial charge in [-0.05, 0) is 99.0 Å². The zero-order valence-electron chi connectivity index (χ0n) is 20.3. The summed E-state index contributed by atoms with van der Waals surface area (Å²) in [5.74, 6) is -0.375. The molecule has 1 N–H and O–H groups in total. The molecule has 3 aromatic carbocycles. The van der Waals surface area contributed by atoms with E-state index in [2.05, 4.69) is 23.5 Å². The van der Waals surface area contributed by atoms with E-state index in [1.165, 1.54) is 24.0 Å². The highest BCUT2D eigenvalue weighted by Gasteiger charge is 2.29. The van der Waals surface area contributed by atoms with Crippen LogP contribution in [0.4, 0.5) is 5.69 Å². The molecule has 0 spiro atoms. The Balaban J connectivity index is 1.60. The lowest BCUT2D eigenvalue weighted by molar-refractivity contribution is -0.120. The molecule has 35 heavy (non-hydrogen) atoms. The fraction of sp³-hybridized carbons (Fsp3) is 0.321. The zero-order chi connectivity index (χ0) is 25.2. The smallest absolute Gasteiger partial charge is 0.264 e. The van der Waals surface area contributed by atoms with Gasteiger partial charge >= 0.3 is 0 Å². The quantitative estimate of drug-likeness (QED) is 0.429. The second-order valence-electron chi connectivity index (χ2n) is 9.28. The van der Waals surface area contributed by atoms with E-state index >= 15 is 0 Å². The third-order valence-corrected chi connectivity index (χ3v) is 8.58. The van der Waals surface area contributed by atoms with Crippen LogP contribution in [0.15, 0.2) is 65.6 Å². The molecule has 1 aliphatic rings. The lowest BCUT2D eigenvalue weighted by atomic mass is 9.89. The van der Waals surface area contributed by atoms with Crippen molar-refractivity contribution < 1.29 is 13.2 Å². The molecule has 184 valence electrons. The number of hydrogen-bond acceptors (Lipinski definition) is 3. The molecule has 0 aromatic heterocycles. The Morgan fingerprint density at radius 1 is 0.971 bits per heavy atom. The van der Waals surface area contributed by atoms with E-state index in [0.29, 0.717) is 16.3 Å². The molecule has 0 heterocycles. The van der Waals surface area contributed by atoms with E-state index in [9.17, 15) is 13.2 Å². The van der Waals surface area contributed by atoms with Crippen LogP contribution >= 0.6 is 11.6 Å². The molecule has 0 unspecified atom stereocenters. The maximum absolute atomic E-state index is 13.6. The number of benzene rings is 3. The summed E-state index contributed by atoms with van der Waals surface area (Å²) < 4.78 is 28.5. The number of nitrogens with one attached hydrogen (secondary N) is 1. The molecule has 0 saturated heterocycles. The molecule has 7 heteroatoms. The van der Waals surface area contributed by atoms with E-state index in [-0.39, 0.29) is 23.4 Å². The summed E-state index contributed by atoms with van der Waals surface area (Å²) in [4.78, 5) is 13.3. The highest BCUT2D eigenvalue weighted by atomic mass is 35.5. The average molecular weight is 511 g/mol. The molecule has 0 radical (unpaired) electrons. The van der Waals surface area contributed by atoms with Crippen LogP contribution in [0.3, 0.4) is 0 Å². The Labute approximate surface area is 213 Å². The number of halogens is 1. The Kier molecular flexibility index (Phi) is 7.53. The summed E-state index contributed by atoms with van der Waals surface area (Å²) in [6, 6.07) is 17.7. The lowest BCUT2D eigenvalue weighted by Crippen LogP contribution is -2.42. The third-order valence-electron chi connectivity index (χ3n) is 6.57. The van der Waals surface area contributed by atoms with Crippen LogP contribution in [0.25, 0.3) is 0 Å². The summed E-state index contributed by atoms with van der Waals surface area (Å²) in [5.41, 5.74) is 5.79. The van der Waals surface area contributed by atoms with Crippen LogP contribution in [-0.4, -0.2) is 20.9 Å². The minimum atomic E-state index is -3.98. The van der Waals surface area contributed by atoms with Crippen molar-refractivity contribution >= 4 is 33.2 Å². The SMILES string of the molecule is Cc1ccc(S(=O)(=O)N(CC(=O)N[C@H](C)c2ccc3c(c2)CCCC3)c2ccc(Cl)cc2C)cc1. The monoisotopic (exact) mass is 510 g/mol. The number of nitrogens with zero attached hydrogens (tertiary/aromatic N) is 1. The van der Waals surface area contributed by atoms with Gasteiger partial charge in [-0.15, -0.1) is 0 Å². The predicted octanol–water partition coefficient (Wildman–Crippen LogP) is 5.91. The highest BCUT2D eigenvalue weighted by molar-refractivity contribution is 7.92. The van der Waals surface area contributed by atoms with Gasteiger partial charge in [0.25, 0.3) is 10.0 Å². The molecule has 0 bridgehead atoms. The Morgan fingerprint density at radius 3 is 2.34 bits per heavy atom. The number of rotatable bonds is 7. The van der Waals surface area contributed by atoms with Crippen LogP contribution in [-0.2, 0) is 27.7 Å². The Morgan fingerprint density at radius 2 is 1.66 bits per heavy atom. The van der Waals surface area contributed by atoms with Crippen LogP contribution < -0.4 is 9.62 Å². The Hall–Kier alpha value is -2.83. The predicted molar refractivity (Wildman–Crippen MR) is 142 cm³/mol. The molecular formula is C28H31ClN2O3S. The third kappa shape index (κ3) is 5.71. The zero-order valence-corrected chi connectivity index (χ0v) is 21.9. The number of aryl methyl sites for hydroxylation is 4. The Bertz CT molecular complexity index is 1340. The molecule has 3 aromatic rings. The van der Waals surface area contributed by atoms with Crippen molar-refractivity contribution in [2.45, 2.75) is 57.4 Å². The van der Waals surface area contributed by atoms with Crippen LogP contribution in [0.5, 0.6) is 0 Å². The molecule has 0 fully saturated rings. The minimum absolute atomic E-state index is 0.132. The van der Waals surface area contributed by atoms with E-state index in [1.54, 1.807) is 49.4 Å². The van der Waals surface area contributed by atoms with Crippen molar-refractivity contribution in [3.63, 3.8) is 0 Å². The lowest BCUT2D eigenvalue weighted by Gasteiger charge is -2.27. The molecule has 1 amide bonds. The first-order chi connectivity index (χ1) is 16.6. The van der Waals surface area contributed by atoms with Gasteiger partial charge in [0.15, 0.2) is 0 Å². The number of fused-ring (bicyclic) bond motifs is 1. The van der Waals surface area contributed by atoms with Crippen molar-refractivity contribution in [3.8, 4) is 0 Å². The maximum atomic E-state index is 13.6. The van der Waals surface area contributed by atoms with Crippen molar-refractivity contribution in [3.05, 3.63) is 93.5 Å². The first-order valence-electron chi connectivity index (χ1n) is 11.9. The fourth-order valence-corrected chi connectivity index (χ4v) is 6.27. The van der Waals surface area contributed by atoms with E-state index < -0.39 is 10.0 Å². The molecule has 5 nitrogen and oxygen atoms in total. The number of sulfonamides is 1. The minimum Gasteiger partial charge on any atom is -0.348 e. The van der Waals surface area contributed by atoms with Crippen LogP contribution in [0.1, 0.15) is 53.6 Å². The molecule has 1 atom stereocenters. The first kappa shape index (κ1) is 25.3. The second kappa shape index (κ2) is 10.4. The van der Waals surface area contributed by atoms with Gasteiger partial charge in [-0.2, -0.15) is 0 Å². The largest absolute Gasteiger partial charge is 0.348 e. The molecular weight excluding hydrogens is 480 g/mol. The second-order valence-corrected chi connectivity index (χ2v) is 11.6. The summed E-state index contributed by atoms with van der Waals surface area (Å²) in [7, 11) is -3.98. The fourth-order valence-electron chi connectivity index (χ4n) is 4.56. The van der Waals surface area contributed by atoms with Crippen molar-refractivity contribution in [1.82, 2.24) is 5.32 Å². The maximum Gasteiger partial charge on any atom is 0.264 e. The molecule has 0 saturated carbocycles. The topological polar surface area (TPSA) is 66.5 Å². The van der Waals surface area contributed by atoms with Gasteiger partial charge in [0.05, 0.1) is 16.6 Å². The van der Waals surface area contributed by atoms with Crippen molar-refractivity contribution in [2.24, 2.45) is 0 Å². The summed E-state index contributed by atoms with van der Waals surface area (Å²) in [6.45, 7) is 5.27. The van der Waals surface area contributed by atoms with Crippen molar-refractivity contribution in [1.29, 1.82) is 0 Å². The van der Waals surface area contributed by atoms with Crippen molar-refractivity contribution in [2.75, 3.05) is 10.8 Å². The van der Waals surface area contributed by atoms with Gasteiger partial charge in [0.2, 0.25) is 5.91 Å². The average Bonchev–Trinajstić information content (AvgIpc) is 2.83. The number of hydrogen-bond donors (Lipinski definition) is 1. The summed E-state index contributed by atoms with van der Waals surface area (Å²) in [6.07, 6.45) is 4.56. The van der Waals surface area contributed by atoms with Gasteiger partial charge in [0.1, 0.15) is 6.54 Å². The standard InChI is InChI=1S/C28H31ClN2O3S/c1-19-8-13-26(14-9-19)35(33,34)31(27-15-12-25(29)16-20(27)2)18-28(32)30-21(3)23-11-10-22-6-4-5-7-24(22)17-23/h8-17,21H,4-7,18H2,1-3H3,(H,30,32)/t21-/m1/s1. The summed E-state index contributed by atoms with van der Waals surface area (Å²) >= 11 is 6.12. The molecule has 4 rings (SSSR count). The summed E-state index contributed by atoms with van der Waals surface area (Å²) in [5, 5.41) is 3.50. The highest BCUT2D eigenvalue weighted by Crippen LogP contribution is 2.29. The normalized spacial score (nSPS) is 14.2. The van der Waals surface area contributed by atoms with E-state index in [0.717, 1.165) is 28.3 Å². The van der Waals surface area contributed by atoms with Crippen LogP contribution in [0.2, 0.25) is 5.02 Å². The van der Waals surface area contributed by atoms with Gasteiger partial charge in [-0.25, -0.2) is 8.42 Å². The number of amides is 1. The van der Waals surface area contributed by atoms with Gasteiger partial charge in [-0.3, -0.25) is 9.10 Å². The van der Waals surface area contributed by atoms with Gasteiger partial charge in [0, 0.05) is 5.02 Å². The number of carbonyl (C=O) groups excluding carboxylic acids is 1. The number of anilines is 1. The first-order valence-corrected chi connectivity index (χ1v) is 13.7.